The fourth-order valence-corrected chi connectivity index (χ4v) is 2.58. The molecule has 0 aliphatic heterocycles. The zero-order valence-corrected chi connectivity index (χ0v) is 11.7. The van der Waals surface area contributed by atoms with Gasteiger partial charge in [-0.25, -0.2) is 9.18 Å². The molecule has 0 heterocycles. The Balaban J connectivity index is 2.54. The Hall–Kier alpha value is -1.27. The van der Waals surface area contributed by atoms with Crippen molar-refractivity contribution in [3.8, 4) is 0 Å². The van der Waals surface area contributed by atoms with Gasteiger partial charge in [-0.3, -0.25) is 4.79 Å². The van der Waals surface area contributed by atoms with Gasteiger partial charge in [-0.15, -0.1) is 0 Å². The number of thioether (sulfide) groups is 1. The Labute approximate surface area is 119 Å². The van der Waals surface area contributed by atoms with Crippen LogP contribution in [-0.2, 0) is 15.3 Å². The van der Waals surface area contributed by atoms with Crippen LogP contribution in [0.1, 0.15) is 12.5 Å². The van der Waals surface area contributed by atoms with E-state index in [4.69, 9.17) is 16.7 Å². The number of amides is 1. The summed E-state index contributed by atoms with van der Waals surface area (Å²) in [5, 5.41) is 11.6. The van der Waals surface area contributed by atoms with E-state index in [2.05, 4.69) is 5.32 Å². The van der Waals surface area contributed by atoms with Gasteiger partial charge >= 0.3 is 5.97 Å². The van der Waals surface area contributed by atoms with Gasteiger partial charge in [-0.2, -0.15) is 11.8 Å². The SMILES string of the molecule is CC(=O)NC(CSCc1cc(Cl)ccc1F)C(=O)O. The zero-order chi connectivity index (χ0) is 14.4. The number of rotatable bonds is 6. The van der Waals surface area contributed by atoms with Crippen molar-refractivity contribution in [3.05, 3.63) is 34.6 Å². The van der Waals surface area contributed by atoms with Crippen LogP contribution in [0.25, 0.3) is 0 Å². The average molecular weight is 306 g/mol. The van der Waals surface area contributed by atoms with Gasteiger partial charge in [0, 0.05) is 23.5 Å². The normalized spacial score (nSPS) is 11.9. The Morgan fingerprint density at radius 1 is 1.53 bits per heavy atom. The highest BCUT2D eigenvalue weighted by molar-refractivity contribution is 7.98. The van der Waals surface area contributed by atoms with Crippen LogP contribution < -0.4 is 5.32 Å². The van der Waals surface area contributed by atoms with E-state index in [9.17, 15) is 14.0 Å². The summed E-state index contributed by atoms with van der Waals surface area (Å²) in [5.41, 5.74) is 0.407. The number of aliphatic carboxylic acids is 1. The number of carboxylic acids is 1. The number of hydrogen-bond donors (Lipinski definition) is 2. The minimum absolute atomic E-state index is 0.154. The van der Waals surface area contributed by atoms with Crippen molar-refractivity contribution < 1.29 is 19.1 Å². The molecule has 0 fully saturated rings. The van der Waals surface area contributed by atoms with Gasteiger partial charge in [0.2, 0.25) is 5.91 Å². The Morgan fingerprint density at radius 2 is 2.21 bits per heavy atom. The number of benzene rings is 1. The Bertz CT molecular complexity index is 484. The second-order valence-corrected chi connectivity index (χ2v) is 5.31. The van der Waals surface area contributed by atoms with E-state index >= 15 is 0 Å². The highest BCUT2D eigenvalue weighted by Gasteiger charge is 2.18. The minimum Gasteiger partial charge on any atom is -0.480 e. The van der Waals surface area contributed by atoms with E-state index in [-0.39, 0.29) is 17.3 Å². The molecule has 0 bridgehead atoms. The van der Waals surface area contributed by atoms with Crippen LogP contribution in [0.3, 0.4) is 0 Å². The topological polar surface area (TPSA) is 66.4 Å². The largest absolute Gasteiger partial charge is 0.480 e. The van der Waals surface area contributed by atoms with Crippen molar-refractivity contribution in [1.29, 1.82) is 0 Å². The van der Waals surface area contributed by atoms with Crippen molar-refractivity contribution >= 4 is 35.2 Å². The van der Waals surface area contributed by atoms with Crippen molar-refractivity contribution in [3.63, 3.8) is 0 Å². The smallest absolute Gasteiger partial charge is 0.327 e. The van der Waals surface area contributed by atoms with Crippen LogP contribution in [0.4, 0.5) is 4.39 Å². The van der Waals surface area contributed by atoms with Gasteiger partial charge in [-0.05, 0) is 23.8 Å². The standard InChI is InChI=1S/C12H13ClFNO3S/c1-7(16)15-11(12(17)18)6-19-5-8-4-9(13)2-3-10(8)14/h2-4,11H,5-6H2,1H3,(H,15,16)(H,17,18). The molecule has 0 aliphatic carbocycles. The number of carbonyl (C=O) groups is 2. The lowest BCUT2D eigenvalue weighted by Gasteiger charge is -2.12. The monoisotopic (exact) mass is 305 g/mol. The summed E-state index contributed by atoms with van der Waals surface area (Å²) in [6.45, 7) is 1.25. The molecule has 2 N–H and O–H groups in total. The van der Waals surface area contributed by atoms with E-state index in [1.807, 2.05) is 0 Å². The second kappa shape index (κ2) is 7.35. The first-order valence-corrected chi connectivity index (χ1v) is 6.95. The first-order valence-electron chi connectivity index (χ1n) is 5.41. The van der Waals surface area contributed by atoms with Crippen molar-refractivity contribution in [1.82, 2.24) is 5.32 Å². The predicted molar refractivity (Wildman–Crippen MR) is 72.8 cm³/mol. The molecule has 1 aromatic carbocycles. The lowest BCUT2D eigenvalue weighted by atomic mass is 10.2. The molecule has 19 heavy (non-hydrogen) atoms. The van der Waals surface area contributed by atoms with E-state index < -0.39 is 17.9 Å². The highest BCUT2D eigenvalue weighted by Crippen LogP contribution is 2.20. The van der Waals surface area contributed by atoms with Gasteiger partial charge in [0.1, 0.15) is 11.9 Å². The van der Waals surface area contributed by atoms with Gasteiger partial charge in [-0.1, -0.05) is 11.6 Å². The molecule has 1 rings (SSSR count). The molecule has 4 nitrogen and oxygen atoms in total. The molecule has 1 aromatic rings. The first kappa shape index (κ1) is 15.8. The Kier molecular flexibility index (Phi) is 6.11. The number of nitrogens with one attached hydrogen (secondary N) is 1. The maximum atomic E-state index is 13.4. The van der Waals surface area contributed by atoms with Crippen LogP contribution in [0.5, 0.6) is 0 Å². The fraction of sp³-hybridized carbons (Fsp3) is 0.333. The van der Waals surface area contributed by atoms with E-state index in [0.717, 1.165) is 0 Å². The van der Waals surface area contributed by atoms with Crippen LogP contribution in [0.2, 0.25) is 5.02 Å². The molecule has 1 amide bonds. The van der Waals surface area contributed by atoms with Crippen molar-refractivity contribution in [2.75, 3.05) is 5.75 Å². The van der Waals surface area contributed by atoms with E-state index in [1.54, 1.807) is 0 Å². The molecule has 104 valence electrons. The zero-order valence-electron chi connectivity index (χ0n) is 10.2. The number of carbonyl (C=O) groups excluding carboxylic acids is 1. The molecule has 0 saturated carbocycles. The van der Waals surface area contributed by atoms with E-state index in [1.165, 1.54) is 36.9 Å². The summed E-state index contributed by atoms with van der Waals surface area (Å²) < 4.78 is 13.4. The lowest BCUT2D eigenvalue weighted by molar-refractivity contribution is -0.140. The summed E-state index contributed by atoms with van der Waals surface area (Å²) >= 11 is 6.96. The van der Waals surface area contributed by atoms with Crippen LogP contribution in [0.15, 0.2) is 18.2 Å². The minimum atomic E-state index is -1.12. The second-order valence-electron chi connectivity index (χ2n) is 3.84. The molecular formula is C12H13ClFNO3S. The quantitative estimate of drug-likeness (QED) is 0.846. The third-order valence-electron chi connectivity index (χ3n) is 2.23. The third kappa shape index (κ3) is 5.48. The summed E-state index contributed by atoms with van der Waals surface area (Å²) in [7, 11) is 0. The number of hydrogen-bond acceptors (Lipinski definition) is 3. The van der Waals surface area contributed by atoms with Gasteiger partial charge in [0.15, 0.2) is 0 Å². The van der Waals surface area contributed by atoms with E-state index in [0.29, 0.717) is 10.6 Å². The summed E-state index contributed by atoms with van der Waals surface area (Å²) in [6.07, 6.45) is 0. The number of carboxylic acid groups (broad SMARTS) is 1. The summed E-state index contributed by atoms with van der Waals surface area (Å²) in [4.78, 5) is 21.7. The average Bonchev–Trinajstić information content (AvgIpc) is 2.31. The van der Waals surface area contributed by atoms with Crippen molar-refractivity contribution in [2.45, 2.75) is 18.7 Å². The molecule has 0 saturated heterocycles. The first-order chi connectivity index (χ1) is 8.90. The molecular weight excluding hydrogens is 293 g/mol. The number of halogens is 2. The lowest BCUT2D eigenvalue weighted by Crippen LogP contribution is -2.41. The van der Waals surface area contributed by atoms with Crippen LogP contribution >= 0.6 is 23.4 Å². The van der Waals surface area contributed by atoms with Gasteiger partial charge < -0.3 is 10.4 Å². The van der Waals surface area contributed by atoms with Crippen LogP contribution in [0, 0.1) is 5.82 Å². The molecule has 1 unspecified atom stereocenters. The van der Waals surface area contributed by atoms with Crippen LogP contribution in [-0.4, -0.2) is 28.8 Å². The fourth-order valence-electron chi connectivity index (χ4n) is 1.36. The molecule has 0 aromatic heterocycles. The van der Waals surface area contributed by atoms with Gasteiger partial charge in [0.05, 0.1) is 0 Å². The Morgan fingerprint density at radius 3 is 2.79 bits per heavy atom. The summed E-state index contributed by atoms with van der Waals surface area (Å²) in [6, 6.07) is 3.23. The van der Waals surface area contributed by atoms with Gasteiger partial charge in [0.25, 0.3) is 0 Å². The van der Waals surface area contributed by atoms with Crippen molar-refractivity contribution in [2.24, 2.45) is 0 Å². The maximum Gasteiger partial charge on any atom is 0.327 e. The predicted octanol–water partition coefficient (Wildman–Crippen LogP) is 2.30. The molecule has 0 radical (unpaired) electrons. The highest BCUT2D eigenvalue weighted by atomic mass is 35.5. The molecule has 0 spiro atoms. The summed E-state index contributed by atoms with van der Waals surface area (Å²) in [5.74, 6) is -1.48. The molecule has 1 atom stereocenters. The third-order valence-corrected chi connectivity index (χ3v) is 3.54. The molecule has 0 aliphatic rings. The molecule has 7 heteroatoms. The maximum absolute atomic E-state index is 13.4.